The Morgan fingerprint density at radius 2 is 1.62 bits per heavy atom. The molecule has 0 fully saturated rings. The molecule has 3 rings (SSSR count). The number of carbonyl (C=O) groups is 1. The number of carbonyl (C=O) groups excluding carboxylic acids is 1. The molecule has 0 spiro atoms. The minimum atomic E-state index is -1.55. The number of hydrogen-bond acceptors (Lipinski definition) is 3. The molecule has 4 heteroatoms. The van der Waals surface area contributed by atoms with Gasteiger partial charge in [0.2, 0.25) is 5.78 Å². The molecular formula is C20H22N2OSi. The fourth-order valence-electron chi connectivity index (χ4n) is 2.71. The van der Waals surface area contributed by atoms with E-state index < -0.39 is 8.07 Å². The summed E-state index contributed by atoms with van der Waals surface area (Å²) in [5.74, 6) is 3.08. The van der Waals surface area contributed by atoms with Crippen molar-refractivity contribution in [2.24, 2.45) is 0 Å². The summed E-state index contributed by atoms with van der Waals surface area (Å²) in [7, 11) is -1.55. The molecule has 0 amide bonds. The maximum atomic E-state index is 12.9. The summed E-state index contributed by atoms with van der Waals surface area (Å²) in [6, 6.07) is 9.28. The monoisotopic (exact) mass is 334 g/mol. The van der Waals surface area contributed by atoms with Gasteiger partial charge in [-0.3, -0.25) is 4.79 Å². The first-order valence-electron chi connectivity index (χ1n) is 8.47. The van der Waals surface area contributed by atoms with Crippen LogP contribution in [0.15, 0.2) is 30.3 Å². The molecule has 1 aliphatic rings. The average molecular weight is 334 g/mol. The van der Waals surface area contributed by atoms with Crippen LogP contribution in [0.3, 0.4) is 0 Å². The summed E-state index contributed by atoms with van der Waals surface area (Å²) in [4.78, 5) is 22.3. The third-order valence-electron chi connectivity index (χ3n) is 3.94. The predicted octanol–water partition coefficient (Wildman–Crippen LogP) is 3.82. The number of rotatable bonds is 2. The molecule has 2 aromatic rings. The zero-order chi connectivity index (χ0) is 17.2. The van der Waals surface area contributed by atoms with Crippen LogP contribution in [0, 0.1) is 11.5 Å². The van der Waals surface area contributed by atoms with Crippen LogP contribution < -0.4 is 0 Å². The normalized spacial score (nSPS) is 13.6. The predicted molar refractivity (Wildman–Crippen MR) is 98.8 cm³/mol. The average Bonchev–Trinajstić information content (AvgIpc) is 2.58. The van der Waals surface area contributed by atoms with Crippen molar-refractivity contribution < 1.29 is 4.79 Å². The van der Waals surface area contributed by atoms with Crippen molar-refractivity contribution in [1.82, 2.24) is 9.97 Å². The van der Waals surface area contributed by atoms with Gasteiger partial charge < -0.3 is 0 Å². The lowest BCUT2D eigenvalue weighted by atomic mass is 9.99. The third-order valence-corrected chi connectivity index (χ3v) is 4.81. The highest BCUT2D eigenvalue weighted by molar-refractivity contribution is 6.83. The Morgan fingerprint density at radius 3 is 2.25 bits per heavy atom. The zero-order valence-electron chi connectivity index (χ0n) is 14.5. The van der Waals surface area contributed by atoms with Gasteiger partial charge >= 0.3 is 0 Å². The molecule has 24 heavy (non-hydrogen) atoms. The van der Waals surface area contributed by atoms with Gasteiger partial charge in [0.05, 0.1) is 11.4 Å². The van der Waals surface area contributed by atoms with Gasteiger partial charge in [-0.15, -0.1) is 5.54 Å². The van der Waals surface area contributed by atoms with Crippen LogP contribution in [-0.4, -0.2) is 23.8 Å². The van der Waals surface area contributed by atoms with E-state index in [1.54, 1.807) is 0 Å². The maximum Gasteiger partial charge on any atom is 0.214 e. The minimum absolute atomic E-state index is 0.0867. The number of ketones is 1. The molecule has 0 aliphatic heterocycles. The van der Waals surface area contributed by atoms with Crippen molar-refractivity contribution >= 4 is 13.9 Å². The number of hydrogen-bond donors (Lipinski definition) is 0. The summed E-state index contributed by atoms with van der Waals surface area (Å²) in [6.45, 7) is 6.56. The summed E-state index contributed by atoms with van der Waals surface area (Å²) >= 11 is 0. The van der Waals surface area contributed by atoms with Crippen molar-refractivity contribution in [1.29, 1.82) is 0 Å². The van der Waals surface area contributed by atoms with E-state index in [2.05, 4.69) is 31.1 Å². The molecule has 122 valence electrons. The zero-order valence-corrected chi connectivity index (χ0v) is 15.5. The Hall–Kier alpha value is -2.25. The van der Waals surface area contributed by atoms with Crippen LogP contribution >= 0.6 is 0 Å². The fraction of sp³-hybridized carbons (Fsp3) is 0.350. The van der Waals surface area contributed by atoms with E-state index in [1.807, 2.05) is 30.3 Å². The first-order chi connectivity index (χ1) is 11.4. The number of benzene rings is 1. The van der Waals surface area contributed by atoms with E-state index in [4.69, 9.17) is 9.97 Å². The highest BCUT2D eigenvalue weighted by Gasteiger charge is 2.21. The number of nitrogens with zero attached hydrogens (tertiary/aromatic N) is 2. The van der Waals surface area contributed by atoms with Gasteiger partial charge in [0, 0.05) is 5.56 Å². The van der Waals surface area contributed by atoms with Gasteiger partial charge in [-0.2, -0.15) is 0 Å². The topological polar surface area (TPSA) is 42.9 Å². The molecule has 1 aromatic carbocycles. The molecule has 0 radical (unpaired) electrons. The first-order valence-corrected chi connectivity index (χ1v) is 12.0. The van der Waals surface area contributed by atoms with Crippen molar-refractivity contribution in [2.75, 3.05) is 0 Å². The van der Waals surface area contributed by atoms with Crippen molar-refractivity contribution in [3.63, 3.8) is 0 Å². The lowest BCUT2D eigenvalue weighted by molar-refractivity contribution is 0.103. The Balaban J connectivity index is 2.11. The highest BCUT2D eigenvalue weighted by atomic mass is 28.3. The van der Waals surface area contributed by atoms with Crippen LogP contribution in [0.2, 0.25) is 19.6 Å². The maximum absolute atomic E-state index is 12.9. The smallest absolute Gasteiger partial charge is 0.214 e. The van der Waals surface area contributed by atoms with Crippen LogP contribution in [0.25, 0.3) is 0 Å². The fourth-order valence-corrected chi connectivity index (χ4v) is 3.20. The van der Waals surface area contributed by atoms with Crippen molar-refractivity contribution in [3.05, 3.63) is 58.7 Å². The second-order valence-corrected chi connectivity index (χ2v) is 12.0. The molecule has 1 aromatic heterocycles. The van der Waals surface area contributed by atoms with Gasteiger partial charge in [-0.05, 0) is 25.7 Å². The van der Waals surface area contributed by atoms with E-state index in [0.29, 0.717) is 17.0 Å². The van der Waals surface area contributed by atoms with Crippen molar-refractivity contribution in [3.8, 4) is 11.5 Å². The second kappa shape index (κ2) is 6.70. The molecule has 0 atom stereocenters. The number of aryl methyl sites for hydroxylation is 2. The van der Waals surface area contributed by atoms with Crippen LogP contribution in [0.5, 0.6) is 0 Å². The lowest BCUT2D eigenvalue weighted by Gasteiger charge is -2.16. The van der Waals surface area contributed by atoms with E-state index in [1.165, 1.54) is 0 Å². The molecule has 1 aliphatic carbocycles. The third kappa shape index (κ3) is 3.80. The second-order valence-electron chi connectivity index (χ2n) is 7.22. The van der Waals surface area contributed by atoms with Crippen LogP contribution in [-0.2, 0) is 12.8 Å². The molecule has 0 bridgehead atoms. The van der Waals surface area contributed by atoms with Crippen LogP contribution in [0.4, 0.5) is 0 Å². The minimum Gasteiger partial charge on any atom is -0.287 e. The van der Waals surface area contributed by atoms with Gasteiger partial charge in [0.1, 0.15) is 19.5 Å². The Kier molecular flexibility index (Phi) is 4.63. The van der Waals surface area contributed by atoms with Crippen molar-refractivity contribution in [2.45, 2.75) is 45.3 Å². The SMILES string of the molecule is C[Si](C)(C)C#Cc1nc2c(nc1C(=O)c1ccccc1)CCCC2. The molecule has 3 nitrogen and oxygen atoms in total. The summed E-state index contributed by atoms with van der Waals surface area (Å²) in [5.41, 5.74) is 6.91. The van der Waals surface area contributed by atoms with Gasteiger partial charge in [-0.25, -0.2) is 9.97 Å². The lowest BCUT2D eigenvalue weighted by Crippen LogP contribution is -2.18. The number of aromatic nitrogens is 2. The standard InChI is InChI=1S/C20H22N2OSi/c1-24(2,3)14-13-18-19(20(23)15-9-5-4-6-10-15)22-17-12-8-7-11-16(17)21-18/h4-6,9-10H,7-8,11-12H2,1-3H3. The van der Waals surface area contributed by atoms with E-state index >= 15 is 0 Å². The largest absolute Gasteiger partial charge is 0.287 e. The Labute approximate surface area is 144 Å². The molecular weight excluding hydrogens is 312 g/mol. The summed E-state index contributed by atoms with van der Waals surface area (Å²) in [6.07, 6.45) is 4.08. The van der Waals surface area contributed by atoms with Gasteiger partial charge in [0.15, 0.2) is 0 Å². The van der Waals surface area contributed by atoms with E-state index in [0.717, 1.165) is 37.1 Å². The quantitative estimate of drug-likeness (QED) is 0.476. The van der Waals surface area contributed by atoms with E-state index in [-0.39, 0.29) is 5.78 Å². The van der Waals surface area contributed by atoms with Gasteiger partial charge in [-0.1, -0.05) is 55.9 Å². The number of fused-ring (bicyclic) bond motifs is 1. The summed E-state index contributed by atoms with van der Waals surface area (Å²) < 4.78 is 0. The van der Waals surface area contributed by atoms with Gasteiger partial charge in [0.25, 0.3) is 0 Å². The molecule has 1 heterocycles. The molecule has 0 saturated heterocycles. The van der Waals surface area contributed by atoms with E-state index in [9.17, 15) is 4.79 Å². The first kappa shape index (κ1) is 16.6. The van der Waals surface area contributed by atoms with Crippen LogP contribution in [0.1, 0.15) is 46.0 Å². The molecule has 0 saturated carbocycles. The highest BCUT2D eigenvalue weighted by Crippen LogP contribution is 2.21. The summed E-state index contributed by atoms with van der Waals surface area (Å²) in [5, 5.41) is 0. The molecule has 0 unspecified atom stereocenters. The Morgan fingerprint density at radius 1 is 1.00 bits per heavy atom. The molecule has 0 N–H and O–H groups in total. The Bertz CT molecular complexity index is 826.